The van der Waals surface area contributed by atoms with Gasteiger partial charge in [0, 0.05) is 38.7 Å². The number of rotatable bonds is 4. The van der Waals surface area contributed by atoms with Gasteiger partial charge in [-0.2, -0.15) is 4.31 Å². The van der Waals surface area contributed by atoms with Crippen LogP contribution in [0.2, 0.25) is 0 Å². The van der Waals surface area contributed by atoms with Gasteiger partial charge in [-0.05, 0) is 24.5 Å². The van der Waals surface area contributed by atoms with Gasteiger partial charge in [0.25, 0.3) is 0 Å². The van der Waals surface area contributed by atoms with E-state index in [-0.39, 0.29) is 10.8 Å². The number of nitrogens with zero attached hydrogens (tertiary/aromatic N) is 3. The Balaban J connectivity index is 1.75. The maximum atomic E-state index is 12.9. The highest BCUT2D eigenvalue weighted by molar-refractivity contribution is 7.89. The number of hydrogen-bond donors (Lipinski definition) is 0. The van der Waals surface area contributed by atoms with Gasteiger partial charge in [-0.25, -0.2) is 13.4 Å². The molecule has 25 heavy (non-hydrogen) atoms. The van der Waals surface area contributed by atoms with Gasteiger partial charge in [0.15, 0.2) is 12.0 Å². The molecule has 1 aromatic heterocycles. The molecule has 0 atom stereocenters. The Morgan fingerprint density at radius 3 is 2.80 bits per heavy atom. The van der Waals surface area contributed by atoms with Crippen molar-refractivity contribution in [3.63, 3.8) is 0 Å². The molecule has 2 aromatic rings. The van der Waals surface area contributed by atoms with Crippen LogP contribution in [-0.2, 0) is 14.8 Å². The fourth-order valence-electron chi connectivity index (χ4n) is 3.01. The molecule has 0 N–H and O–H groups in total. The third-order valence-corrected chi connectivity index (χ3v) is 6.23. The van der Waals surface area contributed by atoms with Crippen molar-refractivity contribution in [1.29, 1.82) is 0 Å². The molecule has 0 bridgehead atoms. The smallest absolute Gasteiger partial charge is 0.243 e. The molecule has 1 aliphatic heterocycles. The molecule has 8 heteroatoms. The highest BCUT2D eigenvalue weighted by atomic mass is 32.2. The second-order valence-electron chi connectivity index (χ2n) is 6.72. The second-order valence-corrected chi connectivity index (χ2v) is 8.66. The zero-order chi connectivity index (χ0) is 18.0. The lowest BCUT2D eigenvalue weighted by Gasteiger charge is -2.22. The standard InChI is InChI=1S/C17H23N3O4S/c1-13(2)10-17(21)19-6-3-7-20(9-8-19)25(22,23)14-4-5-15-16(11-14)24-12-18-15/h4-5,11-13H,3,6-10H2,1-2H3. The Hall–Kier alpha value is -1.93. The van der Waals surface area contributed by atoms with Crippen molar-refractivity contribution >= 4 is 27.0 Å². The fourth-order valence-corrected chi connectivity index (χ4v) is 4.49. The Labute approximate surface area is 147 Å². The van der Waals surface area contributed by atoms with Gasteiger partial charge in [-0.3, -0.25) is 4.79 Å². The zero-order valence-electron chi connectivity index (χ0n) is 14.5. The predicted octanol–water partition coefficient (Wildman–Crippen LogP) is 2.10. The quantitative estimate of drug-likeness (QED) is 0.828. The Morgan fingerprint density at radius 2 is 2.04 bits per heavy atom. The Kier molecular flexibility index (Phi) is 5.10. The molecule has 0 unspecified atom stereocenters. The lowest BCUT2D eigenvalue weighted by Crippen LogP contribution is -2.37. The first-order valence-electron chi connectivity index (χ1n) is 8.49. The van der Waals surface area contributed by atoms with Crippen LogP contribution < -0.4 is 0 Å². The molecule has 2 heterocycles. The number of carbonyl (C=O) groups excluding carboxylic acids is 1. The van der Waals surface area contributed by atoms with E-state index in [1.807, 2.05) is 13.8 Å². The van der Waals surface area contributed by atoms with Crippen LogP contribution in [0.3, 0.4) is 0 Å². The summed E-state index contributed by atoms with van der Waals surface area (Å²) in [7, 11) is -3.62. The molecular weight excluding hydrogens is 342 g/mol. The number of hydrogen-bond acceptors (Lipinski definition) is 5. The summed E-state index contributed by atoms with van der Waals surface area (Å²) in [4.78, 5) is 18.2. The lowest BCUT2D eigenvalue weighted by atomic mass is 10.1. The topological polar surface area (TPSA) is 83.7 Å². The Bertz CT molecular complexity index is 860. The van der Waals surface area contributed by atoms with Gasteiger partial charge in [0.05, 0.1) is 4.90 Å². The first-order valence-corrected chi connectivity index (χ1v) is 9.93. The average Bonchev–Trinajstić information content (AvgIpc) is 2.87. The summed E-state index contributed by atoms with van der Waals surface area (Å²) in [6.45, 7) is 5.75. The maximum Gasteiger partial charge on any atom is 0.243 e. The summed E-state index contributed by atoms with van der Waals surface area (Å²) in [5.74, 6) is 0.390. The normalized spacial score (nSPS) is 17.2. The summed E-state index contributed by atoms with van der Waals surface area (Å²) in [6.07, 6.45) is 2.42. The summed E-state index contributed by atoms with van der Waals surface area (Å²) >= 11 is 0. The van der Waals surface area contributed by atoms with E-state index in [1.54, 1.807) is 17.0 Å². The van der Waals surface area contributed by atoms with Crippen molar-refractivity contribution < 1.29 is 17.6 Å². The van der Waals surface area contributed by atoms with Crippen LogP contribution in [0.4, 0.5) is 0 Å². The van der Waals surface area contributed by atoms with Crippen LogP contribution >= 0.6 is 0 Å². The van der Waals surface area contributed by atoms with Gasteiger partial charge in [-0.1, -0.05) is 13.8 Å². The molecule has 1 aliphatic rings. The van der Waals surface area contributed by atoms with Gasteiger partial charge in [0.1, 0.15) is 5.52 Å². The van der Waals surface area contributed by atoms with Crippen molar-refractivity contribution in [2.45, 2.75) is 31.6 Å². The fraction of sp³-hybridized carbons (Fsp3) is 0.529. The minimum absolute atomic E-state index is 0.0947. The number of carbonyl (C=O) groups is 1. The van der Waals surface area contributed by atoms with Gasteiger partial charge in [-0.15, -0.1) is 0 Å². The number of oxazole rings is 1. The highest BCUT2D eigenvalue weighted by Gasteiger charge is 2.28. The second kappa shape index (κ2) is 7.13. The summed E-state index contributed by atoms with van der Waals surface area (Å²) in [5, 5.41) is 0. The average molecular weight is 365 g/mol. The molecule has 1 fully saturated rings. The number of amides is 1. The van der Waals surface area contributed by atoms with E-state index in [4.69, 9.17) is 4.42 Å². The maximum absolute atomic E-state index is 12.9. The summed E-state index contributed by atoms with van der Waals surface area (Å²) in [5.41, 5.74) is 1.07. The molecule has 7 nitrogen and oxygen atoms in total. The predicted molar refractivity (Wildman–Crippen MR) is 93.4 cm³/mol. The number of sulfonamides is 1. The molecule has 3 rings (SSSR count). The highest BCUT2D eigenvalue weighted by Crippen LogP contribution is 2.22. The van der Waals surface area contributed by atoms with E-state index in [1.165, 1.54) is 16.8 Å². The number of benzene rings is 1. The van der Waals surface area contributed by atoms with Crippen LogP contribution in [0.5, 0.6) is 0 Å². The van der Waals surface area contributed by atoms with E-state index in [0.717, 1.165) is 0 Å². The monoisotopic (exact) mass is 365 g/mol. The van der Waals surface area contributed by atoms with E-state index in [9.17, 15) is 13.2 Å². The molecule has 0 aliphatic carbocycles. The Morgan fingerprint density at radius 1 is 1.24 bits per heavy atom. The van der Waals surface area contributed by atoms with E-state index < -0.39 is 10.0 Å². The van der Waals surface area contributed by atoms with E-state index >= 15 is 0 Å². The molecule has 0 radical (unpaired) electrons. The minimum atomic E-state index is -3.62. The first kappa shape index (κ1) is 17.9. The van der Waals surface area contributed by atoms with Crippen LogP contribution in [0.25, 0.3) is 11.1 Å². The van der Waals surface area contributed by atoms with Crippen molar-refractivity contribution in [2.24, 2.45) is 5.92 Å². The van der Waals surface area contributed by atoms with E-state index in [2.05, 4.69) is 4.98 Å². The molecule has 1 amide bonds. The third-order valence-electron chi connectivity index (χ3n) is 4.33. The summed E-state index contributed by atoms with van der Waals surface area (Å²) < 4.78 is 32.5. The zero-order valence-corrected chi connectivity index (χ0v) is 15.3. The molecule has 0 saturated carbocycles. The van der Waals surface area contributed by atoms with Gasteiger partial charge in [0.2, 0.25) is 15.9 Å². The third kappa shape index (κ3) is 3.85. The van der Waals surface area contributed by atoms with Gasteiger partial charge < -0.3 is 9.32 Å². The van der Waals surface area contributed by atoms with Crippen LogP contribution in [0, 0.1) is 5.92 Å². The van der Waals surface area contributed by atoms with Crippen molar-refractivity contribution in [1.82, 2.24) is 14.2 Å². The van der Waals surface area contributed by atoms with Crippen LogP contribution in [-0.4, -0.2) is 54.7 Å². The van der Waals surface area contributed by atoms with Crippen LogP contribution in [0.1, 0.15) is 26.7 Å². The first-order chi connectivity index (χ1) is 11.9. The number of aromatic nitrogens is 1. The SMILES string of the molecule is CC(C)CC(=O)N1CCCN(S(=O)(=O)c2ccc3ncoc3c2)CC1. The molecule has 1 aromatic carbocycles. The van der Waals surface area contributed by atoms with Crippen molar-refractivity contribution in [3.05, 3.63) is 24.6 Å². The molecule has 0 spiro atoms. The van der Waals surface area contributed by atoms with E-state index in [0.29, 0.717) is 56.0 Å². The largest absolute Gasteiger partial charge is 0.443 e. The molecule has 1 saturated heterocycles. The minimum Gasteiger partial charge on any atom is -0.443 e. The molecular formula is C17H23N3O4S. The lowest BCUT2D eigenvalue weighted by molar-refractivity contribution is -0.131. The molecule has 136 valence electrons. The summed E-state index contributed by atoms with van der Waals surface area (Å²) in [6, 6.07) is 4.69. The van der Waals surface area contributed by atoms with Crippen molar-refractivity contribution in [2.75, 3.05) is 26.2 Å². The number of fused-ring (bicyclic) bond motifs is 1. The van der Waals surface area contributed by atoms with Gasteiger partial charge >= 0.3 is 0 Å². The van der Waals surface area contributed by atoms with Crippen LogP contribution in [0.15, 0.2) is 33.9 Å². The van der Waals surface area contributed by atoms with Crippen molar-refractivity contribution in [3.8, 4) is 0 Å².